The van der Waals surface area contributed by atoms with Gasteiger partial charge in [-0.05, 0) is 30.2 Å². The van der Waals surface area contributed by atoms with Gasteiger partial charge in [-0.1, -0.05) is 36.4 Å². The molecule has 2 heterocycles. The molecule has 0 aliphatic carbocycles. The largest absolute Gasteiger partial charge is 0.396 e. The van der Waals surface area contributed by atoms with E-state index in [-0.39, 0.29) is 24.5 Å². The van der Waals surface area contributed by atoms with Crippen LogP contribution in [-0.4, -0.2) is 56.4 Å². The van der Waals surface area contributed by atoms with Gasteiger partial charge in [-0.15, -0.1) is 0 Å². The summed E-state index contributed by atoms with van der Waals surface area (Å²) in [6, 6.07) is 17.6. The standard InChI is InChI=1S/C22H25N5O2/c28-14-19-13-26(12-17-5-2-1-3-6-17)10-9-21(19)25-22(29)18-7-4-8-20(11-18)27-16-23-15-24-27/h1-8,11,15-16,19,21,28H,9-10,12-14H2,(H,25,29)/t19-,21-/m1/s1. The highest BCUT2D eigenvalue weighted by Crippen LogP contribution is 2.20. The number of amides is 1. The summed E-state index contributed by atoms with van der Waals surface area (Å²) in [6.45, 7) is 2.55. The van der Waals surface area contributed by atoms with Gasteiger partial charge < -0.3 is 10.4 Å². The number of aromatic nitrogens is 3. The first-order valence-corrected chi connectivity index (χ1v) is 9.86. The first-order chi connectivity index (χ1) is 14.2. The minimum absolute atomic E-state index is 0.00918. The fraction of sp³-hybridized carbons (Fsp3) is 0.318. The van der Waals surface area contributed by atoms with Crippen molar-refractivity contribution in [3.8, 4) is 5.69 Å². The summed E-state index contributed by atoms with van der Waals surface area (Å²) >= 11 is 0. The summed E-state index contributed by atoms with van der Waals surface area (Å²) in [5.41, 5.74) is 2.62. The maximum atomic E-state index is 12.8. The first kappa shape index (κ1) is 19.3. The fourth-order valence-electron chi connectivity index (χ4n) is 3.85. The smallest absolute Gasteiger partial charge is 0.251 e. The van der Waals surface area contributed by atoms with Gasteiger partial charge in [0.25, 0.3) is 5.91 Å². The normalized spacial score (nSPS) is 19.8. The molecule has 2 aromatic carbocycles. The average molecular weight is 391 g/mol. The van der Waals surface area contributed by atoms with Gasteiger partial charge in [-0.25, -0.2) is 9.67 Å². The predicted molar refractivity (Wildman–Crippen MR) is 110 cm³/mol. The van der Waals surface area contributed by atoms with Crippen LogP contribution in [0.5, 0.6) is 0 Å². The summed E-state index contributed by atoms with van der Waals surface area (Å²) in [5.74, 6) is -0.123. The molecule has 3 aromatic rings. The van der Waals surface area contributed by atoms with Crippen LogP contribution in [0.3, 0.4) is 0 Å². The Kier molecular flexibility index (Phi) is 5.97. The van der Waals surface area contributed by atoms with E-state index >= 15 is 0 Å². The Morgan fingerprint density at radius 1 is 1.17 bits per heavy atom. The molecule has 0 saturated carbocycles. The lowest BCUT2D eigenvalue weighted by Crippen LogP contribution is -2.51. The number of carbonyl (C=O) groups excluding carboxylic acids is 1. The van der Waals surface area contributed by atoms with Crippen LogP contribution < -0.4 is 5.32 Å². The zero-order valence-electron chi connectivity index (χ0n) is 16.2. The minimum Gasteiger partial charge on any atom is -0.396 e. The van der Waals surface area contributed by atoms with Crippen molar-refractivity contribution in [2.45, 2.75) is 19.0 Å². The van der Waals surface area contributed by atoms with Gasteiger partial charge in [0, 0.05) is 43.8 Å². The summed E-state index contributed by atoms with van der Waals surface area (Å²) in [4.78, 5) is 19.1. The summed E-state index contributed by atoms with van der Waals surface area (Å²) in [7, 11) is 0. The van der Waals surface area contributed by atoms with Crippen molar-refractivity contribution >= 4 is 5.91 Å². The minimum atomic E-state index is -0.132. The Hall–Kier alpha value is -3.03. The molecule has 7 nitrogen and oxygen atoms in total. The number of piperidine rings is 1. The summed E-state index contributed by atoms with van der Waals surface area (Å²) in [5, 5.41) is 17.1. The molecule has 1 saturated heterocycles. The van der Waals surface area contributed by atoms with E-state index in [2.05, 4.69) is 32.4 Å². The predicted octanol–water partition coefficient (Wildman–Crippen LogP) is 1.88. The van der Waals surface area contributed by atoms with E-state index in [9.17, 15) is 9.90 Å². The maximum absolute atomic E-state index is 12.8. The molecule has 1 aliphatic heterocycles. The van der Waals surface area contributed by atoms with Crippen LogP contribution in [0.25, 0.3) is 5.69 Å². The second-order valence-corrected chi connectivity index (χ2v) is 7.42. The molecule has 2 atom stereocenters. The number of likely N-dealkylation sites (tertiary alicyclic amines) is 1. The zero-order chi connectivity index (χ0) is 20.1. The Morgan fingerprint density at radius 3 is 2.79 bits per heavy atom. The van der Waals surface area contributed by atoms with Gasteiger partial charge in [0.2, 0.25) is 0 Å². The molecule has 7 heteroatoms. The van der Waals surface area contributed by atoms with E-state index in [0.717, 1.165) is 31.7 Å². The lowest BCUT2D eigenvalue weighted by atomic mass is 9.92. The van der Waals surface area contributed by atoms with E-state index in [1.165, 1.54) is 11.9 Å². The van der Waals surface area contributed by atoms with Crippen molar-refractivity contribution in [2.24, 2.45) is 5.92 Å². The average Bonchev–Trinajstić information content (AvgIpc) is 3.30. The van der Waals surface area contributed by atoms with E-state index in [4.69, 9.17) is 0 Å². The Bertz CT molecular complexity index is 929. The van der Waals surface area contributed by atoms with Crippen molar-refractivity contribution in [2.75, 3.05) is 19.7 Å². The van der Waals surface area contributed by atoms with Gasteiger partial charge in [0.05, 0.1) is 5.69 Å². The van der Waals surface area contributed by atoms with Crippen molar-refractivity contribution in [1.82, 2.24) is 25.0 Å². The number of hydrogen-bond acceptors (Lipinski definition) is 5. The first-order valence-electron chi connectivity index (χ1n) is 9.86. The second-order valence-electron chi connectivity index (χ2n) is 7.42. The van der Waals surface area contributed by atoms with Crippen LogP contribution in [0.15, 0.2) is 67.3 Å². The lowest BCUT2D eigenvalue weighted by molar-refractivity contribution is 0.0712. The van der Waals surface area contributed by atoms with E-state index < -0.39 is 0 Å². The third-order valence-corrected chi connectivity index (χ3v) is 5.41. The highest BCUT2D eigenvalue weighted by Gasteiger charge is 2.30. The third-order valence-electron chi connectivity index (χ3n) is 5.41. The fourth-order valence-corrected chi connectivity index (χ4v) is 3.85. The highest BCUT2D eigenvalue weighted by molar-refractivity contribution is 5.94. The monoisotopic (exact) mass is 391 g/mol. The molecule has 4 rings (SSSR count). The van der Waals surface area contributed by atoms with Crippen molar-refractivity contribution in [1.29, 1.82) is 0 Å². The lowest BCUT2D eigenvalue weighted by Gasteiger charge is -2.38. The van der Waals surface area contributed by atoms with E-state index in [0.29, 0.717) is 5.56 Å². The summed E-state index contributed by atoms with van der Waals surface area (Å²) in [6.07, 6.45) is 3.87. The van der Waals surface area contributed by atoms with Crippen molar-refractivity contribution < 1.29 is 9.90 Å². The number of aliphatic hydroxyl groups is 1. The molecule has 0 bridgehead atoms. The van der Waals surface area contributed by atoms with Gasteiger partial charge in [0.15, 0.2) is 0 Å². The molecule has 0 unspecified atom stereocenters. The zero-order valence-corrected chi connectivity index (χ0v) is 16.2. The van der Waals surface area contributed by atoms with Gasteiger partial charge >= 0.3 is 0 Å². The molecular weight excluding hydrogens is 366 g/mol. The van der Waals surface area contributed by atoms with Crippen molar-refractivity contribution in [3.05, 3.63) is 78.4 Å². The van der Waals surface area contributed by atoms with Crippen LogP contribution in [0.2, 0.25) is 0 Å². The molecule has 29 heavy (non-hydrogen) atoms. The molecule has 1 aliphatic rings. The van der Waals surface area contributed by atoms with Crippen LogP contribution in [-0.2, 0) is 6.54 Å². The van der Waals surface area contributed by atoms with Crippen LogP contribution in [0, 0.1) is 5.92 Å². The third kappa shape index (κ3) is 4.70. The molecule has 150 valence electrons. The second kappa shape index (κ2) is 8.98. The number of nitrogens with one attached hydrogen (secondary N) is 1. The Labute approximate surface area is 170 Å². The van der Waals surface area contributed by atoms with E-state index in [1.54, 1.807) is 23.1 Å². The number of aliphatic hydroxyl groups excluding tert-OH is 1. The van der Waals surface area contributed by atoms with Crippen LogP contribution in [0.1, 0.15) is 22.3 Å². The number of hydrogen-bond donors (Lipinski definition) is 2. The Morgan fingerprint density at radius 2 is 2.03 bits per heavy atom. The molecule has 2 N–H and O–H groups in total. The SMILES string of the molecule is O=C(N[C@@H]1CCN(Cc2ccccc2)C[C@@H]1CO)c1cccc(-n2cncn2)c1. The molecule has 0 spiro atoms. The molecule has 1 aromatic heterocycles. The molecule has 0 radical (unpaired) electrons. The number of rotatable bonds is 6. The number of carbonyl (C=O) groups is 1. The van der Waals surface area contributed by atoms with Gasteiger partial charge in [-0.2, -0.15) is 5.10 Å². The maximum Gasteiger partial charge on any atom is 0.251 e. The quantitative estimate of drug-likeness (QED) is 0.670. The van der Waals surface area contributed by atoms with Gasteiger partial charge in [-0.3, -0.25) is 9.69 Å². The van der Waals surface area contributed by atoms with E-state index in [1.807, 2.05) is 30.3 Å². The highest BCUT2D eigenvalue weighted by atomic mass is 16.3. The number of nitrogens with zero attached hydrogens (tertiary/aromatic N) is 4. The van der Waals surface area contributed by atoms with Crippen LogP contribution in [0.4, 0.5) is 0 Å². The Balaban J connectivity index is 1.39. The van der Waals surface area contributed by atoms with Gasteiger partial charge in [0.1, 0.15) is 12.7 Å². The molecule has 1 amide bonds. The number of benzene rings is 2. The topological polar surface area (TPSA) is 83.3 Å². The summed E-state index contributed by atoms with van der Waals surface area (Å²) < 4.78 is 1.62. The molecule has 1 fully saturated rings. The van der Waals surface area contributed by atoms with Crippen molar-refractivity contribution in [3.63, 3.8) is 0 Å². The van der Waals surface area contributed by atoms with Crippen LogP contribution >= 0.6 is 0 Å². The molecular formula is C22H25N5O2.